The molecule has 1 aromatic heterocycles. The molecule has 0 saturated heterocycles. The second-order valence-electron chi connectivity index (χ2n) is 7.13. The smallest absolute Gasteiger partial charge is 0.138 e. The zero-order chi connectivity index (χ0) is 14.9. The van der Waals surface area contributed by atoms with E-state index in [4.69, 9.17) is 4.98 Å². The fourth-order valence-corrected chi connectivity index (χ4v) is 2.77. The summed E-state index contributed by atoms with van der Waals surface area (Å²) in [7, 11) is 1.92. The summed E-state index contributed by atoms with van der Waals surface area (Å²) in [6.45, 7) is 10.9. The van der Waals surface area contributed by atoms with Gasteiger partial charge >= 0.3 is 0 Å². The zero-order valence-electron chi connectivity index (χ0n) is 13.7. The van der Waals surface area contributed by atoms with Gasteiger partial charge in [0.05, 0.1) is 0 Å². The summed E-state index contributed by atoms with van der Waals surface area (Å²) in [6, 6.07) is 0.552. The van der Waals surface area contributed by atoms with E-state index < -0.39 is 0 Å². The minimum atomic E-state index is -0.0430. The summed E-state index contributed by atoms with van der Waals surface area (Å²) in [5.41, 5.74) is 1.07. The number of nitrogens with zero attached hydrogens (tertiary/aromatic N) is 2. The topological polar surface area (TPSA) is 49.8 Å². The molecule has 1 saturated carbocycles. The zero-order valence-corrected chi connectivity index (χ0v) is 13.7. The average molecular weight is 276 g/mol. The van der Waals surface area contributed by atoms with E-state index in [9.17, 15) is 0 Å². The van der Waals surface area contributed by atoms with Gasteiger partial charge < -0.3 is 10.6 Å². The van der Waals surface area contributed by atoms with E-state index in [0.717, 1.165) is 28.9 Å². The molecule has 0 aromatic carbocycles. The molecular weight excluding hydrogens is 248 g/mol. The molecule has 1 heterocycles. The monoisotopic (exact) mass is 276 g/mol. The van der Waals surface area contributed by atoms with E-state index in [1.54, 1.807) is 0 Å². The van der Waals surface area contributed by atoms with Crippen molar-refractivity contribution in [1.82, 2.24) is 9.97 Å². The van der Waals surface area contributed by atoms with Crippen LogP contribution in [0.15, 0.2) is 0 Å². The maximum absolute atomic E-state index is 4.78. The van der Waals surface area contributed by atoms with Crippen molar-refractivity contribution in [2.45, 2.75) is 65.3 Å². The second-order valence-corrected chi connectivity index (χ2v) is 7.13. The van der Waals surface area contributed by atoms with Crippen LogP contribution in [0.4, 0.5) is 11.6 Å². The summed E-state index contributed by atoms with van der Waals surface area (Å²) < 4.78 is 0. The van der Waals surface area contributed by atoms with E-state index in [1.807, 2.05) is 7.05 Å². The Balaban J connectivity index is 2.31. The number of rotatable bonds is 3. The summed E-state index contributed by atoms with van der Waals surface area (Å²) >= 11 is 0. The highest BCUT2D eigenvalue weighted by Crippen LogP contribution is 2.30. The van der Waals surface area contributed by atoms with Gasteiger partial charge in [-0.05, 0) is 32.1 Å². The Kier molecular flexibility index (Phi) is 4.21. The van der Waals surface area contributed by atoms with Crippen LogP contribution >= 0.6 is 0 Å². The third kappa shape index (κ3) is 3.22. The number of aromatic nitrogens is 2. The van der Waals surface area contributed by atoms with Crippen LogP contribution in [0.3, 0.4) is 0 Å². The van der Waals surface area contributed by atoms with Crippen LogP contribution < -0.4 is 10.6 Å². The predicted molar refractivity (Wildman–Crippen MR) is 85.4 cm³/mol. The fraction of sp³-hybridized carbons (Fsp3) is 0.750. The first-order chi connectivity index (χ1) is 9.31. The fourth-order valence-electron chi connectivity index (χ4n) is 2.77. The molecule has 0 radical (unpaired) electrons. The first-order valence-corrected chi connectivity index (χ1v) is 7.64. The molecule has 20 heavy (non-hydrogen) atoms. The van der Waals surface area contributed by atoms with Crippen molar-refractivity contribution < 1.29 is 0 Å². The molecule has 1 aliphatic rings. The molecule has 1 aliphatic carbocycles. The molecule has 1 aromatic rings. The van der Waals surface area contributed by atoms with Crippen LogP contribution in [-0.2, 0) is 5.41 Å². The van der Waals surface area contributed by atoms with Crippen LogP contribution in [0.2, 0.25) is 0 Å². The van der Waals surface area contributed by atoms with Crippen molar-refractivity contribution in [1.29, 1.82) is 0 Å². The minimum Gasteiger partial charge on any atom is -0.373 e. The van der Waals surface area contributed by atoms with Gasteiger partial charge in [0.1, 0.15) is 17.5 Å². The Labute approximate surface area is 122 Å². The Morgan fingerprint density at radius 2 is 1.75 bits per heavy atom. The van der Waals surface area contributed by atoms with E-state index in [1.165, 1.54) is 19.3 Å². The van der Waals surface area contributed by atoms with Crippen LogP contribution in [-0.4, -0.2) is 23.1 Å². The Bertz CT molecular complexity index is 476. The lowest BCUT2D eigenvalue weighted by molar-refractivity contribution is 0.545. The third-order valence-corrected chi connectivity index (χ3v) is 4.09. The van der Waals surface area contributed by atoms with Gasteiger partial charge in [-0.1, -0.05) is 27.7 Å². The summed E-state index contributed by atoms with van der Waals surface area (Å²) in [6.07, 6.45) is 3.79. The molecule has 1 fully saturated rings. The Morgan fingerprint density at radius 1 is 1.10 bits per heavy atom. The molecule has 0 aliphatic heterocycles. The number of hydrogen-bond donors (Lipinski definition) is 2. The minimum absolute atomic E-state index is 0.0430. The second kappa shape index (κ2) is 5.58. The van der Waals surface area contributed by atoms with Gasteiger partial charge in [0.15, 0.2) is 0 Å². The summed E-state index contributed by atoms with van der Waals surface area (Å²) in [4.78, 5) is 9.43. The SMILES string of the molecule is CNc1nc(C(C)(C)C)nc(NC2CCC(C)C2)c1C. The van der Waals surface area contributed by atoms with Crippen molar-refractivity contribution in [3.05, 3.63) is 11.4 Å². The van der Waals surface area contributed by atoms with Gasteiger partial charge in [0.2, 0.25) is 0 Å². The van der Waals surface area contributed by atoms with Gasteiger partial charge in [0, 0.05) is 24.1 Å². The summed E-state index contributed by atoms with van der Waals surface area (Å²) in [5, 5.41) is 6.83. The van der Waals surface area contributed by atoms with Crippen LogP contribution in [0, 0.1) is 12.8 Å². The van der Waals surface area contributed by atoms with Crippen molar-refractivity contribution in [3.8, 4) is 0 Å². The number of hydrogen-bond acceptors (Lipinski definition) is 4. The van der Waals surface area contributed by atoms with Gasteiger partial charge in [-0.25, -0.2) is 9.97 Å². The van der Waals surface area contributed by atoms with Crippen molar-refractivity contribution in [3.63, 3.8) is 0 Å². The predicted octanol–water partition coefficient (Wildman–Crippen LogP) is 3.72. The van der Waals surface area contributed by atoms with Crippen molar-refractivity contribution in [2.24, 2.45) is 5.92 Å². The standard InChI is InChI=1S/C16H28N4/c1-10-7-8-12(9-10)18-14-11(2)13(17-6)19-15(20-14)16(3,4)5/h10,12H,7-9H2,1-6H3,(H2,17,18,19,20). The molecule has 4 nitrogen and oxygen atoms in total. The van der Waals surface area contributed by atoms with Crippen molar-refractivity contribution >= 4 is 11.6 Å². The Hall–Kier alpha value is -1.32. The van der Waals surface area contributed by atoms with Crippen LogP contribution in [0.1, 0.15) is 58.3 Å². The molecular formula is C16H28N4. The van der Waals surface area contributed by atoms with Gasteiger partial charge in [-0.2, -0.15) is 0 Å². The lowest BCUT2D eigenvalue weighted by atomic mass is 9.95. The van der Waals surface area contributed by atoms with Gasteiger partial charge in [-0.3, -0.25) is 0 Å². The van der Waals surface area contributed by atoms with Gasteiger partial charge in [-0.15, -0.1) is 0 Å². The largest absolute Gasteiger partial charge is 0.373 e. The maximum atomic E-state index is 4.78. The summed E-state index contributed by atoms with van der Waals surface area (Å²) in [5.74, 6) is 3.63. The normalized spacial score (nSPS) is 22.9. The lowest BCUT2D eigenvalue weighted by Gasteiger charge is -2.22. The molecule has 2 rings (SSSR count). The molecule has 2 atom stereocenters. The molecule has 0 spiro atoms. The quantitative estimate of drug-likeness (QED) is 0.883. The van der Waals surface area contributed by atoms with E-state index >= 15 is 0 Å². The Morgan fingerprint density at radius 3 is 2.25 bits per heavy atom. The highest BCUT2D eigenvalue weighted by molar-refractivity contribution is 5.57. The van der Waals surface area contributed by atoms with E-state index in [2.05, 4.69) is 50.2 Å². The number of anilines is 2. The van der Waals surface area contributed by atoms with Crippen LogP contribution in [0.5, 0.6) is 0 Å². The third-order valence-electron chi connectivity index (χ3n) is 4.09. The highest BCUT2D eigenvalue weighted by atomic mass is 15.1. The lowest BCUT2D eigenvalue weighted by Crippen LogP contribution is -2.22. The molecule has 2 unspecified atom stereocenters. The highest BCUT2D eigenvalue weighted by Gasteiger charge is 2.25. The number of nitrogens with one attached hydrogen (secondary N) is 2. The van der Waals surface area contributed by atoms with Crippen molar-refractivity contribution in [2.75, 3.05) is 17.7 Å². The average Bonchev–Trinajstić information content (AvgIpc) is 2.76. The molecule has 112 valence electrons. The van der Waals surface area contributed by atoms with Crippen LogP contribution in [0.25, 0.3) is 0 Å². The van der Waals surface area contributed by atoms with E-state index in [0.29, 0.717) is 6.04 Å². The molecule has 0 amide bonds. The first kappa shape index (κ1) is 15.1. The van der Waals surface area contributed by atoms with E-state index in [-0.39, 0.29) is 5.41 Å². The maximum Gasteiger partial charge on any atom is 0.138 e. The molecule has 2 N–H and O–H groups in total. The van der Waals surface area contributed by atoms with Gasteiger partial charge in [0.25, 0.3) is 0 Å². The molecule has 4 heteroatoms. The molecule has 0 bridgehead atoms. The first-order valence-electron chi connectivity index (χ1n) is 7.64.